The van der Waals surface area contributed by atoms with Crippen LogP contribution >= 0.6 is 0 Å². The lowest BCUT2D eigenvalue weighted by atomic mass is 10.1. The normalized spacial score (nSPS) is 10.4. The Balaban J connectivity index is 1.55. The van der Waals surface area contributed by atoms with Gasteiger partial charge in [0.15, 0.2) is 11.5 Å². The van der Waals surface area contributed by atoms with E-state index in [4.69, 9.17) is 14.2 Å². The van der Waals surface area contributed by atoms with Gasteiger partial charge in [0.05, 0.1) is 19.9 Å². The number of carbonyl (C=O) groups excluding carboxylic acids is 1. The Morgan fingerprint density at radius 3 is 2.34 bits per heavy atom. The lowest BCUT2D eigenvalue weighted by Crippen LogP contribution is -2.13. The summed E-state index contributed by atoms with van der Waals surface area (Å²) in [7, 11) is 3.05. The minimum atomic E-state index is -0.297. The predicted octanol–water partition coefficient (Wildman–Crippen LogP) is 4.72. The summed E-state index contributed by atoms with van der Waals surface area (Å²) in [6.07, 6.45) is 3.54. The molecule has 0 aliphatic rings. The third kappa shape index (κ3) is 4.73. The molecule has 0 saturated carbocycles. The molecule has 0 spiro atoms. The quantitative estimate of drug-likeness (QED) is 0.439. The number of aromatic nitrogens is 2. The molecule has 0 saturated heterocycles. The van der Waals surface area contributed by atoms with E-state index < -0.39 is 0 Å². The van der Waals surface area contributed by atoms with Gasteiger partial charge in [0.25, 0.3) is 5.91 Å². The van der Waals surface area contributed by atoms with E-state index in [9.17, 15) is 4.79 Å². The molecule has 162 valence electrons. The van der Waals surface area contributed by atoms with Gasteiger partial charge < -0.3 is 19.5 Å². The number of amides is 1. The molecule has 0 radical (unpaired) electrons. The average Bonchev–Trinajstić information content (AvgIpc) is 3.38. The SMILES string of the molecule is COc1cc(C(=O)Nc2cccc(-n3cccn3)c2)cc(OC)c1OCc1ccccc1. The highest BCUT2D eigenvalue weighted by Crippen LogP contribution is 2.39. The Labute approximate surface area is 186 Å². The topological polar surface area (TPSA) is 74.6 Å². The first-order valence-electron chi connectivity index (χ1n) is 10.0. The number of rotatable bonds is 8. The largest absolute Gasteiger partial charge is 0.493 e. The number of nitrogens with zero attached hydrogens (tertiary/aromatic N) is 2. The van der Waals surface area contributed by atoms with Crippen molar-refractivity contribution in [1.29, 1.82) is 0 Å². The van der Waals surface area contributed by atoms with Crippen molar-refractivity contribution in [3.63, 3.8) is 0 Å². The highest BCUT2D eigenvalue weighted by molar-refractivity contribution is 6.05. The maximum Gasteiger partial charge on any atom is 0.255 e. The van der Waals surface area contributed by atoms with Crippen molar-refractivity contribution >= 4 is 11.6 Å². The van der Waals surface area contributed by atoms with Crippen molar-refractivity contribution in [3.8, 4) is 22.9 Å². The van der Waals surface area contributed by atoms with Gasteiger partial charge in [0.2, 0.25) is 5.75 Å². The van der Waals surface area contributed by atoms with Crippen molar-refractivity contribution in [2.45, 2.75) is 6.61 Å². The molecule has 4 aromatic rings. The number of nitrogens with one attached hydrogen (secondary N) is 1. The van der Waals surface area contributed by atoms with Crippen molar-refractivity contribution in [2.24, 2.45) is 0 Å². The maximum absolute atomic E-state index is 13.0. The molecule has 0 bridgehead atoms. The summed E-state index contributed by atoms with van der Waals surface area (Å²) in [6.45, 7) is 0.347. The van der Waals surface area contributed by atoms with Crippen molar-refractivity contribution < 1.29 is 19.0 Å². The zero-order valence-electron chi connectivity index (χ0n) is 17.8. The van der Waals surface area contributed by atoms with Gasteiger partial charge in [-0.1, -0.05) is 36.4 Å². The van der Waals surface area contributed by atoms with Crippen LogP contribution in [0.15, 0.2) is 85.2 Å². The van der Waals surface area contributed by atoms with Gasteiger partial charge >= 0.3 is 0 Å². The summed E-state index contributed by atoms with van der Waals surface area (Å²) in [4.78, 5) is 13.0. The second-order valence-electron chi connectivity index (χ2n) is 6.94. The Morgan fingerprint density at radius 2 is 1.69 bits per heavy atom. The van der Waals surface area contributed by atoms with Gasteiger partial charge in [-0.3, -0.25) is 4.79 Å². The number of benzene rings is 3. The molecule has 1 aromatic heterocycles. The summed E-state index contributed by atoms with van der Waals surface area (Å²) in [5.74, 6) is 0.969. The molecule has 1 amide bonds. The molecule has 7 nitrogen and oxygen atoms in total. The van der Waals surface area contributed by atoms with Gasteiger partial charge in [-0.15, -0.1) is 0 Å². The molecule has 7 heteroatoms. The summed E-state index contributed by atoms with van der Waals surface area (Å²) >= 11 is 0. The van der Waals surface area contributed by atoms with E-state index in [1.54, 1.807) is 23.0 Å². The first-order chi connectivity index (χ1) is 15.7. The van der Waals surface area contributed by atoms with Crippen LogP contribution < -0.4 is 19.5 Å². The van der Waals surface area contributed by atoms with Crippen LogP contribution in [-0.4, -0.2) is 29.9 Å². The van der Waals surface area contributed by atoms with Crippen LogP contribution in [0.25, 0.3) is 5.69 Å². The maximum atomic E-state index is 13.0. The second kappa shape index (κ2) is 9.70. The molecule has 0 aliphatic heterocycles. The fourth-order valence-corrected chi connectivity index (χ4v) is 3.23. The van der Waals surface area contributed by atoms with Crippen molar-refractivity contribution in [2.75, 3.05) is 19.5 Å². The third-order valence-electron chi connectivity index (χ3n) is 4.82. The number of methoxy groups -OCH3 is 2. The summed E-state index contributed by atoms with van der Waals surface area (Å²) in [5.41, 5.74) is 2.88. The van der Waals surface area contributed by atoms with E-state index >= 15 is 0 Å². The molecule has 0 aliphatic carbocycles. The standard InChI is InChI=1S/C25H23N3O4/c1-30-22-14-19(15-23(31-2)24(22)32-17-18-8-4-3-5-9-18)25(29)27-20-10-6-11-21(16-20)28-13-7-12-26-28/h3-16H,17H2,1-2H3,(H,27,29). The second-order valence-corrected chi connectivity index (χ2v) is 6.94. The van der Waals surface area contributed by atoms with Crippen LogP contribution in [0.3, 0.4) is 0 Å². The predicted molar refractivity (Wildman–Crippen MR) is 122 cm³/mol. The zero-order chi connectivity index (χ0) is 22.3. The first-order valence-corrected chi connectivity index (χ1v) is 10.0. The molecular formula is C25H23N3O4. The van der Waals surface area contributed by atoms with Gasteiger partial charge in [0, 0.05) is 23.6 Å². The lowest BCUT2D eigenvalue weighted by molar-refractivity contribution is 0.102. The molecule has 4 rings (SSSR count). The van der Waals surface area contributed by atoms with E-state index in [1.165, 1.54) is 14.2 Å². The van der Waals surface area contributed by atoms with Crippen LogP contribution in [0.5, 0.6) is 17.2 Å². The Hall–Kier alpha value is -4.26. The first kappa shape index (κ1) is 21.0. The number of anilines is 1. The fourth-order valence-electron chi connectivity index (χ4n) is 3.23. The molecule has 1 N–H and O–H groups in total. The van der Waals surface area contributed by atoms with Gasteiger partial charge in [-0.05, 0) is 42.0 Å². The molecule has 3 aromatic carbocycles. The number of carbonyl (C=O) groups is 1. The monoisotopic (exact) mass is 429 g/mol. The average molecular weight is 429 g/mol. The number of ether oxygens (including phenoxy) is 3. The molecule has 0 fully saturated rings. The minimum absolute atomic E-state index is 0.297. The number of hydrogen-bond donors (Lipinski definition) is 1. The van der Waals surface area contributed by atoms with E-state index in [0.29, 0.717) is 35.1 Å². The fraction of sp³-hybridized carbons (Fsp3) is 0.120. The van der Waals surface area contributed by atoms with E-state index in [2.05, 4.69) is 10.4 Å². The van der Waals surface area contributed by atoms with Gasteiger partial charge in [-0.2, -0.15) is 5.10 Å². The lowest BCUT2D eigenvalue weighted by Gasteiger charge is -2.16. The Bertz CT molecular complexity index is 1170. The van der Waals surface area contributed by atoms with Crippen LogP contribution in [0, 0.1) is 0 Å². The Morgan fingerprint density at radius 1 is 0.938 bits per heavy atom. The molecular weight excluding hydrogens is 406 g/mol. The molecule has 0 atom stereocenters. The summed E-state index contributed by atoms with van der Waals surface area (Å²) in [6, 6.07) is 22.3. The van der Waals surface area contributed by atoms with Crippen LogP contribution in [0.2, 0.25) is 0 Å². The minimum Gasteiger partial charge on any atom is -0.493 e. The third-order valence-corrected chi connectivity index (χ3v) is 4.82. The van der Waals surface area contributed by atoms with Crippen LogP contribution in [0.1, 0.15) is 15.9 Å². The van der Waals surface area contributed by atoms with E-state index in [0.717, 1.165) is 11.3 Å². The van der Waals surface area contributed by atoms with Gasteiger partial charge in [0.1, 0.15) is 6.61 Å². The molecule has 1 heterocycles. The Kier molecular flexibility index (Phi) is 6.36. The van der Waals surface area contributed by atoms with Crippen molar-refractivity contribution in [1.82, 2.24) is 9.78 Å². The van der Waals surface area contributed by atoms with Gasteiger partial charge in [-0.25, -0.2) is 4.68 Å². The molecule has 32 heavy (non-hydrogen) atoms. The summed E-state index contributed by atoms with van der Waals surface area (Å²) in [5, 5.41) is 7.12. The highest BCUT2D eigenvalue weighted by atomic mass is 16.5. The van der Waals surface area contributed by atoms with Crippen molar-refractivity contribution in [3.05, 3.63) is 96.3 Å². The molecule has 0 unspecified atom stereocenters. The number of hydrogen-bond acceptors (Lipinski definition) is 5. The van der Waals surface area contributed by atoms with E-state index in [1.807, 2.05) is 66.9 Å². The summed E-state index contributed by atoms with van der Waals surface area (Å²) < 4.78 is 18.7. The smallest absolute Gasteiger partial charge is 0.255 e. The van der Waals surface area contributed by atoms with E-state index in [-0.39, 0.29) is 5.91 Å². The van der Waals surface area contributed by atoms with Crippen LogP contribution in [0.4, 0.5) is 5.69 Å². The van der Waals surface area contributed by atoms with Crippen LogP contribution in [-0.2, 0) is 6.61 Å². The highest BCUT2D eigenvalue weighted by Gasteiger charge is 2.18. The zero-order valence-corrected chi connectivity index (χ0v) is 17.8.